The zero-order valence-electron chi connectivity index (χ0n) is 13.2. The van der Waals surface area contributed by atoms with Gasteiger partial charge in [0, 0.05) is 11.8 Å². The molecule has 8 heteroatoms. The van der Waals surface area contributed by atoms with Gasteiger partial charge in [0.25, 0.3) is 5.91 Å². The molecule has 2 rings (SSSR count). The van der Waals surface area contributed by atoms with Crippen LogP contribution in [-0.4, -0.2) is 51.5 Å². The van der Waals surface area contributed by atoms with Crippen molar-refractivity contribution in [3.63, 3.8) is 0 Å². The standard InChI is InChI=1S/C15H20N2O4S2/c1-8(2)9(3)16-13(18)10-6-22-7-17(10)14(19)11-4-5-12(23-11)15(20)21/h4-5,8-10H,6-7H2,1-3H3,(H,16,18)(H,20,21). The monoisotopic (exact) mass is 356 g/mol. The molecular weight excluding hydrogens is 336 g/mol. The van der Waals surface area contributed by atoms with E-state index in [9.17, 15) is 14.4 Å². The number of hydrogen-bond acceptors (Lipinski definition) is 5. The van der Waals surface area contributed by atoms with Crippen molar-refractivity contribution in [3.05, 3.63) is 21.9 Å². The smallest absolute Gasteiger partial charge is 0.345 e. The van der Waals surface area contributed by atoms with E-state index in [1.165, 1.54) is 28.8 Å². The van der Waals surface area contributed by atoms with E-state index in [-0.39, 0.29) is 22.7 Å². The maximum atomic E-state index is 12.6. The van der Waals surface area contributed by atoms with Crippen LogP contribution in [-0.2, 0) is 4.79 Å². The van der Waals surface area contributed by atoms with Crippen molar-refractivity contribution < 1.29 is 19.5 Å². The number of carbonyl (C=O) groups excluding carboxylic acids is 2. The molecule has 0 spiro atoms. The number of rotatable bonds is 5. The molecule has 2 amide bonds. The number of thiophene rings is 1. The zero-order chi connectivity index (χ0) is 17.1. The van der Waals surface area contributed by atoms with Crippen molar-refractivity contribution in [2.75, 3.05) is 11.6 Å². The Kier molecular flexibility index (Phi) is 5.69. The Morgan fingerprint density at radius 2 is 1.91 bits per heavy atom. The molecule has 1 saturated heterocycles. The van der Waals surface area contributed by atoms with Crippen LogP contribution in [0.4, 0.5) is 0 Å². The van der Waals surface area contributed by atoms with Gasteiger partial charge in [0.1, 0.15) is 10.9 Å². The lowest BCUT2D eigenvalue weighted by Gasteiger charge is -2.25. The summed E-state index contributed by atoms with van der Waals surface area (Å²) in [5.41, 5.74) is 0. The highest BCUT2D eigenvalue weighted by Crippen LogP contribution is 2.26. The van der Waals surface area contributed by atoms with Crippen molar-refractivity contribution in [2.24, 2.45) is 5.92 Å². The molecule has 23 heavy (non-hydrogen) atoms. The molecule has 0 radical (unpaired) electrons. The minimum absolute atomic E-state index is 0.0328. The first-order valence-electron chi connectivity index (χ1n) is 7.33. The van der Waals surface area contributed by atoms with Gasteiger partial charge in [-0.15, -0.1) is 23.1 Å². The van der Waals surface area contributed by atoms with Crippen LogP contribution in [0.2, 0.25) is 0 Å². The van der Waals surface area contributed by atoms with Crippen LogP contribution in [0.15, 0.2) is 12.1 Å². The molecule has 1 aromatic heterocycles. The molecular formula is C15H20N2O4S2. The molecule has 0 aromatic carbocycles. The third kappa shape index (κ3) is 4.06. The van der Waals surface area contributed by atoms with E-state index in [1.54, 1.807) is 0 Å². The number of carbonyl (C=O) groups is 3. The highest BCUT2D eigenvalue weighted by atomic mass is 32.2. The first-order chi connectivity index (χ1) is 10.8. The maximum Gasteiger partial charge on any atom is 0.345 e. The van der Waals surface area contributed by atoms with E-state index in [1.807, 2.05) is 20.8 Å². The Bertz CT molecular complexity index is 614. The summed E-state index contributed by atoms with van der Waals surface area (Å²) in [5, 5.41) is 11.9. The maximum absolute atomic E-state index is 12.6. The van der Waals surface area contributed by atoms with Gasteiger partial charge in [-0.2, -0.15) is 0 Å². The average molecular weight is 356 g/mol. The summed E-state index contributed by atoms with van der Waals surface area (Å²) in [6, 6.07) is 2.44. The summed E-state index contributed by atoms with van der Waals surface area (Å²) >= 11 is 2.46. The van der Waals surface area contributed by atoms with Gasteiger partial charge >= 0.3 is 5.97 Å². The number of amides is 2. The quantitative estimate of drug-likeness (QED) is 0.844. The Hall–Kier alpha value is -1.54. The SMILES string of the molecule is CC(C)C(C)NC(=O)C1CSCN1C(=O)c1ccc(C(=O)O)s1. The predicted octanol–water partition coefficient (Wildman–Crippen LogP) is 2.12. The minimum atomic E-state index is -1.05. The van der Waals surface area contributed by atoms with Crippen LogP contribution in [0.25, 0.3) is 0 Å². The first kappa shape index (κ1) is 17.8. The fourth-order valence-electron chi connectivity index (χ4n) is 2.06. The second kappa shape index (κ2) is 7.35. The third-order valence-corrected chi connectivity index (χ3v) is 5.92. The summed E-state index contributed by atoms with van der Waals surface area (Å²) < 4.78 is 0. The third-order valence-electron chi connectivity index (χ3n) is 3.84. The Balaban J connectivity index is 2.09. The van der Waals surface area contributed by atoms with Gasteiger partial charge in [-0.05, 0) is 25.0 Å². The average Bonchev–Trinajstić information content (AvgIpc) is 3.15. The number of hydrogen-bond donors (Lipinski definition) is 2. The second-order valence-corrected chi connectivity index (χ2v) is 7.88. The molecule has 0 saturated carbocycles. The lowest BCUT2D eigenvalue weighted by molar-refractivity contribution is -0.125. The van der Waals surface area contributed by atoms with Crippen molar-refractivity contribution >= 4 is 40.9 Å². The number of nitrogens with one attached hydrogen (secondary N) is 1. The summed E-state index contributed by atoms with van der Waals surface area (Å²) in [5.74, 6) is -0.186. The van der Waals surface area contributed by atoms with Gasteiger partial charge in [-0.25, -0.2) is 4.79 Å². The molecule has 2 atom stereocenters. The van der Waals surface area contributed by atoms with Gasteiger partial charge in [0.05, 0.1) is 10.8 Å². The Morgan fingerprint density at radius 3 is 2.48 bits per heavy atom. The molecule has 1 aromatic rings. The topological polar surface area (TPSA) is 86.7 Å². The van der Waals surface area contributed by atoms with Gasteiger partial charge < -0.3 is 15.3 Å². The molecule has 126 valence electrons. The zero-order valence-corrected chi connectivity index (χ0v) is 14.9. The van der Waals surface area contributed by atoms with Crippen molar-refractivity contribution in [2.45, 2.75) is 32.9 Å². The van der Waals surface area contributed by atoms with Crippen molar-refractivity contribution in [1.82, 2.24) is 10.2 Å². The summed E-state index contributed by atoms with van der Waals surface area (Å²) in [6.07, 6.45) is 0. The van der Waals surface area contributed by atoms with Gasteiger partial charge in [0.2, 0.25) is 5.91 Å². The highest BCUT2D eigenvalue weighted by Gasteiger charge is 2.36. The highest BCUT2D eigenvalue weighted by molar-refractivity contribution is 7.99. The fourth-order valence-corrected chi connectivity index (χ4v) is 4.01. The second-order valence-electron chi connectivity index (χ2n) is 5.80. The molecule has 2 N–H and O–H groups in total. The number of nitrogens with zero attached hydrogens (tertiary/aromatic N) is 1. The minimum Gasteiger partial charge on any atom is -0.477 e. The molecule has 0 aliphatic carbocycles. The van der Waals surface area contributed by atoms with E-state index in [0.29, 0.717) is 22.4 Å². The molecule has 0 bridgehead atoms. The van der Waals surface area contributed by atoms with E-state index in [0.717, 1.165) is 11.3 Å². The Labute approximate surface area is 143 Å². The number of thioether (sulfide) groups is 1. The summed E-state index contributed by atoms with van der Waals surface area (Å²) in [6.45, 7) is 5.99. The van der Waals surface area contributed by atoms with Crippen LogP contribution in [0.3, 0.4) is 0 Å². The molecule has 6 nitrogen and oxygen atoms in total. The summed E-state index contributed by atoms with van der Waals surface area (Å²) in [7, 11) is 0. The lowest BCUT2D eigenvalue weighted by atomic mass is 10.1. The molecule has 2 unspecified atom stereocenters. The van der Waals surface area contributed by atoms with Crippen LogP contribution in [0.1, 0.15) is 40.1 Å². The number of aromatic carboxylic acids is 1. The van der Waals surface area contributed by atoms with Crippen LogP contribution in [0.5, 0.6) is 0 Å². The van der Waals surface area contributed by atoms with Crippen LogP contribution >= 0.6 is 23.1 Å². The Morgan fingerprint density at radius 1 is 1.26 bits per heavy atom. The van der Waals surface area contributed by atoms with Crippen molar-refractivity contribution in [3.8, 4) is 0 Å². The van der Waals surface area contributed by atoms with E-state index in [2.05, 4.69) is 5.32 Å². The predicted molar refractivity (Wildman–Crippen MR) is 91.0 cm³/mol. The largest absolute Gasteiger partial charge is 0.477 e. The lowest BCUT2D eigenvalue weighted by Crippen LogP contribution is -2.50. The first-order valence-corrected chi connectivity index (χ1v) is 9.30. The molecule has 1 aliphatic rings. The van der Waals surface area contributed by atoms with Gasteiger partial charge in [-0.1, -0.05) is 13.8 Å². The summed E-state index contributed by atoms with van der Waals surface area (Å²) in [4.78, 5) is 37.9. The fraction of sp³-hybridized carbons (Fsp3) is 0.533. The van der Waals surface area contributed by atoms with Gasteiger partial charge in [0.15, 0.2) is 0 Å². The van der Waals surface area contributed by atoms with E-state index >= 15 is 0 Å². The normalized spacial score (nSPS) is 19.0. The molecule has 1 aliphatic heterocycles. The number of carboxylic acid groups (broad SMARTS) is 1. The van der Waals surface area contributed by atoms with Crippen molar-refractivity contribution in [1.29, 1.82) is 0 Å². The van der Waals surface area contributed by atoms with E-state index in [4.69, 9.17) is 5.11 Å². The molecule has 1 fully saturated rings. The van der Waals surface area contributed by atoms with Crippen LogP contribution < -0.4 is 5.32 Å². The van der Waals surface area contributed by atoms with Crippen LogP contribution in [0, 0.1) is 5.92 Å². The number of carboxylic acids is 1. The van der Waals surface area contributed by atoms with E-state index < -0.39 is 12.0 Å². The molecule has 2 heterocycles. The van der Waals surface area contributed by atoms with Gasteiger partial charge in [-0.3, -0.25) is 9.59 Å².